The SMILES string of the molecule is CC(C)c1cccc(CN[C@H]2COCC[C@@H]2C)c1. The molecule has 1 aliphatic heterocycles. The molecule has 2 heteroatoms. The fraction of sp³-hybridized carbons (Fsp3) is 0.625. The number of benzene rings is 1. The molecule has 2 rings (SSSR count). The lowest BCUT2D eigenvalue weighted by Crippen LogP contribution is -2.42. The van der Waals surface area contributed by atoms with E-state index in [-0.39, 0.29) is 0 Å². The Bertz CT molecular complexity index is 375. The first-order chi connectivity index (χ1) is 8.66. The minimum Gasteiger partial charge on any atom is -0.380 e. The molecular formula is C16H25NO. The van der Waals surface area contributed by atoms with Gasteiger partial charge in [0.2, 0.25) is 0 Å². The van der Waals surface area contributed by atoms with Crippen molar-refractivity contribution in [2.45, 2.75) is 45.7 Å². The summed E-state index contributed by atoms with van der Waals surface area (Å²) >= 11 is 0. The van der Waals surface area contributed by atoms with E-state index in [9.17, 15) is 0 Å². The lowest BCUT2D eigenvalue weighted by Gasteiger charge is -2.29. The minimum absolute atomic E-state index is 0.501. The average molecular weight is 247 g/mol. The van der Waals surface area contributed by atoms with E-state index >= 15 is 0 Å². The first kappa shape index (κ1) is 13.6. The third-order valence-corrected chi connectivity index (χ3v) is 3.89. The van der Waals surface area contributed by atoms with Crippen molar-refractivity contribution in [2.75, 3.05) is 13.2 Å². The molecule has 1 saturated heterocycles. The Hall–Kier alpha value is -0.860. The van der Waals surface area contributed by atoms with Crippen LogP contribution in [0.15, 0.2) is 24.3 Å². The summed E-state index contributed by atoms with van der Waals surface area (Å²) < 4.78 is 5.54. The first-order valence-electron chi connectivity index (χ1n) is 7.07. The summed E-state index contributed by atoms with van der Waals surface area (Å²) in [7, 11) is 0. The minimum atomic E-state index is 0.501. The molecule has 0 bridgehead atoms. The molecule has 1 aromatic rings. The van der Waals surface area contributed by atoms with Crippen LogP contribution in [0.2, 0.25) is 0 Å². The zero-order valence-corrected chi connectivity index (χ0v) is 11.8. The Morgan fingerprint density at radius 3 is 2.94 bits per heavy atom. The molecule has 0 aromatic heterocycles. The van der Waals surface area contributed by atoms with Gasteiger partial charge in [0.1, 0.15) is 0 Å². The van der Waals surface area contributed by atoms with Gasteiger partial charge in [-0.15, -0.1) is 0 Å². The van der Waals surface area contributed by atoms with Crippen LogP contribution in [-0.2, 0) is 11.3 Å². The molecule has 0 aliphatic carbocycles. The fourth-order valence-corrected chi connectivity index (χ4v) is 2.42. The van der Waals surface area contributed by atoms with E-state index in [4.69, 9.17) is 4.74 Å². The van der Waals surface area contributed by atoms with Gasteiger partial charge in [-0.2, -0.15) is 0 Å². The van der Waals surface area contributed by atoms with Crippen LogP contribution in [0.4, 0.5) is 0 Å². The molecule has 1 aromatic carbocycles. The van der Waals surface area contributed by atoms with E-state index in [0.29, 0.717) is 17.9 Å². The predicted octanol–water partition coefficient (Wildman–Crippen LogP) is 3.32. The molecule has 0 spiro atoms. The maximum Gasteiger partial charge on any atom is 0.0622 e. The summed E-state index contributed by atoms with van der Waals surface area (Å²) in [6, 6.07) is 9.38. The molecular weight excluding hydrogens is 222 g/mol. The standard InChI is InChI=1S/C16H25NO/c1-12(2)15-6-4-5-14(9-15)10-17-16-11-18-8-7-13(16)3/h4-6,9,12-13,16-17H,7-8,10-11H2,1-3H3/t13-,16-/m0/s1. The molecule has 2 atom stereocenters. The maximum absolute atomic E-state index is 5.54. The van der Waals surface area contributed by atoms with Crippen molar-refractivity contribution >= 4 is 0 Å². The summed E-state index contributed by atoms with van der Waals surface area (Å²) in [5, 5.41) is 3.63. The molecule has 0 amide bonds. The predicted molar refractivity (Wildman–Crippen MR) is 75.8 cm³/mol. The van der Waals surface area contributed by atoms with Crippen LogP contribution in [0, 0.1) is 5.92 Å². The highest BCUT2D eigenvalue weighted by atomic mass is 16.5. The van der Waals surface area contributed by atoms with Gasteiger partial charge in [0.15, 0.2) is 0 Å². The highest BCUT2D eigenvalue weighted by Crippen LogP contribution is 2.17. The van der Waals surface area contributed by atoms with Crippen molar-refractivity contribution in [3.8, 4) is 0 Å². The van der Waals surface area contributed by atoms with Gasteiger partial charge in [-0.05, 0) is 29.4 Å². The largest absolute Gasteiger partial charge is 0.380 e. The smallest absolute Gasteiger partial charge is 0.0622 e. The van der Waals surface area contributed by atoms with Crippen LogP contribution in [0.3, 0.4) is 0 Å². The molecule has 1 fully saturated rings. The highest BCUT2D eigenvalue weighted by molar-refractivity contribution is 5.25. The van der Waals surface area contributed by atoms with E-state index in [2.05, 4.69) is 50.4 Å². The Balaban J connectivity index is 1.91. The Kier molecular flexibility index (Phi) is 4.79. The van der Waals surface area contributed by atoms with Crippen LogP contribution in [-0.4, -0.2) is 19.3 Å². The van der Waals surface area contributed by atoms with Gasteiger partial charge < -0.3 is 10.1 Å². The van der Waals surface area contributed by atoms with Gasteiger partial charge in [-0.3, -0.25) is 0 Å². The van der Waals surface area contributed by atoms with E-state index in [1.165, 1.54) is 17.5 Å². The third-order valence-electron chi connectivity index (χ3n) is 3.89. The fourth-order valence-electron chi connectivity index (χ4n) is 2.42. The van der Waals surface area contributed by atoms with Crippen LogP contribution >= 0.6 is 0 Å². The van der Waals surface area contributed by atoms with Gasteiger partial charge in [0.25, 0.3) is 0 Å². The molecule has 1 heterocycles. The Labute approximate surface area is 111 Å². The molecule has 100 valence electrons. The van der Waals surface area contributed by atoms with E-state index in [1.54, 1.807) is 0 Å². The summed E-state index contributed by atoms with van der Waals surface area (Å²) in [6.07, 6.45) is 1.17. The Morgan fingerprint density at radius 1 is 1.39 bits per heavy atom. The molecule has 18 heavy (non-hydrogen) atoms. The number of hydrogen-bond acceptors (Lipinski definition) is 2. The highest BCUT2D eigenvalue weighted by Gasteiger charge is 2.20. The van der Waals surface area contributed by atoms with Crippen molar-refractivity contribution in [1.29, 1.82) is 0 Å². The second-order valence-corrected chi connectivity index (χ2v) is 5.73. The zero-order valence-electron chi connectivity index (χ0n) is 11.8. The molecule has 0 unspecified atom stereocenters. The molecule has 2 nitrogen and oxygen atoms in total. The van der Waals surface area contributed by atoms with E-state index in [0.717, 1.165) is 19.8 Å². The topological polar surface area (TPSA) is 21.3 Å². The quantitative estimate of drug-likeness (QED) is 0.881. The summed E-state index contributed by atoms with van der Waals surface area (Å²) in [5.41, 5.74) is 2.79. The molecule has 1 aliphatic rings. The molecule has 0 radical (unpaired) electrons. The van der Waals surface area contributed by atoms with Crippen molar-refractivity contribution in [3.05, 3.63) is 35.4 Å². The maximum atomic E-state index is 5.54. The van der Waals surface area contributed by atoms with Gasteiger partial charge in [-0.1, -0.05) is 45.0 Å². The van der Waals surface area contributed by atoms with Crippen molar-refractivity contribution in [2.24, 2.45) is 5.92 Å². The number of rotatable bonds is 4. The van der Waals surface area contributed by atoms with Crippen LogP contribution in [0.25, 0.3) is 0 Å². The van der Waals surface area contributed by atoms with E-state index in [1.807, 2.05) is 0 Å². The molecule has 1 N–H and O–H groups in total. The van der Waals surface area contributed by atoms with Crippen molar-refractivity contribution < 1.29 is 4.74 Å². The van der Waals surface area contributed by atoms with Gasteiger partial charge >= 0.3 is 0 Å². The lowest BCUT2D eigenvalue weighted by atomic mass is 9.96. The van der Waals surface area contributed by atoms with Crippen molar-refractivity contribution in [1.82, 2.24) is 5.32 Å². The van der Waals surface area contributed by atoms with Crippen LogP contribution < -0.4 is 5.32 Å². The van der Waals surface area contributed by atoms with Crippen LogP contribution in [0.5, 0.6) is 0 Å². The third kappa shape index (κ3) is 3.56. The molecule has 0 saturated carbocycles. The number of hydrogen-bond donors (Lipinski definition) is 1. The Morgan fingerprint density at radius 2 is 2.22 bits per heavy atom. The van der Waals surface area contributed by atoms with Crippen molar-refractivity contribution in [3.63, 3.8) is 0 Å². The van der Waals surface area contributed by atoms with Gasteiger partial charge in [0.05, 0.1) is 6.61 Å². The van der Waals surface area contributed by atoms with Crippen LogP contribution in [0.1, 0.15) is 44.2 Å². The summed E-state index contributed by atoms with van der Waals surface area (Å²) in [5.74, 6) is 1.31. The summed E-state index contributed by atoms with van der Waals surface area (Å²) in [4.78, 5) is 0. The average Bonchev–Trinajstić information content (AvgIpc) is 2.38. The normalized spacial score (nSPS) is 24.4. The first-order valence-corrected chi connectivity index (χ1v) is 7.07. The number of ether oxygens (including phenoxy) is 1. The second kappa shape index (κ2) is 6.35. The second-order valence-electron chi connectivity index (χ2n) is 5.73. The van der Waals surface area contributed by atoms with E-state index < -0.39 is 0 Å². The van der Waals surface area contributed by atoms with Gasteiger partial charge in [-0.25, -0.2) is 0 Å². The van der Waals surface area contributed by atoms with Gasteiger partial charge in [0, 0.05) is 19.2 Å². The lowest BCUT2D eigenvalue weighted by molar-refractivity contribution is 0.0409. The number of nitrogens with one attached hydrogen (secondary N) is 1. The zero-order chi connectivity index (χ0) is 13.0. The summed E-state index contributed by atoms with van der Waals surface area (Å²) in [6.45, 7) is 9.50. The monoisotopic (exact) mass is 247 g/mol.